The number of rotatable bonds is 11. The van der Waals surface area contributed by atoms with Crippen LogP contribution in [0.1, 0.15) is 39.0 Å². The number of hydrogen-bond donors (Lipinski definition) is 0. The zero-order chi connectivity index (χ0) is 14.9. The van der Waals surface area contributed by atoms with Crippen molar-refractivity contribution < 1.29 is 0 Å². The zero-order valence-electron chi connectivity index (χ0n) is 14.6. The van der Waals surface area contributed by atoms with E-state index in [1.807, 2.05) is 0 Å². The summed E-state index contributed by atoms with van der Waals surface area (Å²) in [5.74, 6) is 0. The smallest absolute Gasteiger partial charge is 0.112 e. The summed E-state index contributed by atoms with van der Waals surface area (Å²) in [5.41, 5.74) is 0. The minimum absolute atomic E-state index is 1.11. The summed E-state index contributed by atoms with van der Waals surface area (Å²) >= 11 is 0. The first kappa shape index (κ1) is 19.6. The molecular weight excluding hydrogens is 278 g/mol. The minimum atomic E-state index is -1.11. The van der Waals surface area contributed by atoms with Crippen LogP contribution in [0.4, 0.5) is 0 Å². The molecule has 114 valence electrons. The Morgan fingerprint density at radius 2 is 1.26 bits per heavy atom. The monoisotopic (exact) mass is 315 g/mol. The lowest BCUT2D eigenvalue weighted by atomic mass is 10.2. The van der Waals surface area contributed by atoms with Crippen LogP contribution in [0.15, 0.2) is 0 Å². The van der Waals surface area contributed by atoms with Crippen molar-refractivity contribution in [2.75, 3.05) is 6.54 Å². The molecule has 1 nitrogen and oxygen atoms in total. The average Bonchev–Trinajstić information content (AvgIpc) is 2.23. The largest absolute Gasteiger partial charge is 0.346 e. The second-order valence-corrected chi connectivity index (χ2v) is 19.4. The summed E-state index contributed by atoms with van der Waals surface area (Å²) in [4.78, 5) is 0. The van der Waals surface area contributed by atoms with Gasteiger partial charge in [0.05, 0.1) is 0 Å². The molecule has 2 radical (unpaired) electrons. The van der Waals surface area contributed by atoms with Crippen LogP contribution in [0.5, 0.6) is 0 Å². The predicted octanol–water partition coefficient (Wildman–Crippen LogP) is 5.47. The Bertz CT molecular complexity index is 204. The van der Waals surface area contributed by atoms with E-state index in [2.05, 4.69) is 50.4 Å². The van der Waals surface area contributed by atoms with Crippen LogP contribution in [-0.2, 0) is 0 Å². The number of hydrogen-bond acceptors (Lipinski definition) is 1. The van der Waals surface area contributed by atoms with Gasteiger partial charge in [0.15, 0.2) is 0 Å². The molecule has 0 saturated heterocycles. The molecular formula is C15H37NSi3. The fraction of sp³-hybridized carbons (Fsp3) is 1.00. The van der Waals surface area contributed by atoms with E-state index in [9.17, 15) is 0 Å². The normalized spacial score (nSPS) is 13.3. The van der Waals surface area contributed by atoms with E-state index in [-0.39, 0.29) is 0 Å². The topological polar surface area (TPSA) is 3.24 Å². The first-order valence-electron chi connectivity index (χ1n) is 8.18. The molecule has 0 unspecified atom stereocenters. The van der Waals surface area contributed by atoms with Gasteiger partial charge < -0.3 is 4.23 Å². The molecule has 0 aromatic heterocycles. The standard InChI is InChI=1S/C15H37NSi3/c1-8-9-10-11-14-17-15-12-13-16(18(2,3)4)19(5,6)7/h8-15H2,1-7H3. The SMILES string of the molecule is CCCCCC[Si]CCCN([Si](C)(C)C)[Si](C)(C)C. The van der Waals surface area contributed by atoms with Crippen molar-refractivity contribution in [2.45, 2.75) is 90.4 Å². The molecule has 0 heterocycles. The second kappa shape index (κ2) is 9.53. The van der Waals surface area contributed by atoms with Crippen LogP contribution < -0.4 is 0 Å². The molecule has 19 heavy (non-hydrogen) atoms. The van der Waals surface area contributed by atoms with Crippen LogP contribution in [0.25, 0.3) is 0 Å². The molecule has 0 aromatic carbocycles. The Hall–Kier alpha value is 0.611. The molecule has 4 heteroatoms. The van der Waals surface area contributed by atoms with Gasteiger partial charge in [0.25, 0.3) is 0 Å². The van der Waals surface area contributed by atoms with Crippen LogP contribution in [0, 0.1) is 0 Å². The summed E-state index contributed by atoms with van der Waals surface area (Å²) in [6.45, 7) is 18.7. The molecule has 0 aliphatic heterocycles. The molecule has 0 aliphatic carbocycles. The first-order valence-corrected chi connectivity index (χ1v) is 16.5. The van der Waals surface area contributed by atoms with Crippen LogP contribution in [0.3, 0.4) is 0 Å². The molecule has 0 saturated carbocycles. The Kier molecular flexibility index (Phi) is 9.84. The van der Waals surface area contributed by atoms with Crippen molar-refractivity contribution in [3.05, 3.63) is 0 Å². The average molecular weight is 316 g/mol. The fourth-order valence-corrected chi connectivity index (χ4v) is 13.7. The summed E-state index contributed by atoms with van der Waals surface area (Å²) < 4.78 is 2.93. The summed E-state index contributed by atoms with van der Waals surface area (Å²) in [6.07, 6.45) is 7.16. The van der Waals surface area contributed by atoms with Gasteiger partial charge in [-0.1, -0.05) is 84.0 Å². The van der Waals surface area contributed by atoms with Crippen LogP contribution in [-0.4, -0.2) is 36.8 Å². The molecule has 0 rings (SSSR count). The van der Waals surface area contributed by atoms with E-state index in [1.54, 1.807) is 0 Å². The van der Waals surface area contributed by atoms with Gasteiger partial charge in [0.2, 0.25) is 0 Å². The highest BCUT2D eigenvalue weighted by Crippen LogP contribution is 2.20. The van der Waals surface area contributed by atoms with Crippen molar-refractivity contribution in [2.24, 2.45) is 0 Å². The molecule has 0 aromatic rings. The predicted molar refractivity (Wildman–Crippen MR) is 97.5 cm³/mol. The van der Waals surface area contributed by atoms with Crippen molar-refractivity contribution in [3.8, 4) is 0 Å². The van der Waals surface area contributed by atoms with Crippen LogP contribution >= 0.6 is 0 Å². The fourth-order valence-electron chi connectivity index (χ4n) is 2.84. The minimum Gasteiger partial charge on any atom is -0.346 e. The summed E-state index contributed by atoms with van der Waals surface area (Å²) in [6, 6.07) is 2.96. The zero-order valence-corrected chi connectivity index (χ0v) is 17.6. The molecule has 0 atom stereocenters. The van der Waals surface area contributed by atoms with Gasteiger partial charge in [-0.3, -0.25) is 0 Å². The quantitative estimate of drug-likeness (QED) is 0.361. The van der Waals surface area contributed by atoms with E-state index < -0.39 is 16.5 Å². The van der Waals surface area contributed by atoms with Crippen molar-refractivity contribution >= 4 is 26.0 Å². The van der Waals surface area contributed by atoms with Gasteiger partial charge in [-0.15, -0.1) is 0 Å². The molecule has 0 spiro atoms. The van der Waals surface area contributed by atoms with Gasteiger partial charge in [0.1, 0.15) is 16.5 Å². The Morgan fingerprint density at radius 1 is 0.737 bits per heavy atom. The van der Waals surface area contributed by atoms with Gasteiger partial charge in [-0.05, 0) is 13.0 Å². The summed E-state index contributed by atoms with van der Waals surface area (Å²) in [5, 5.41) is 0. The Labute approximate surface area is 127 Å². The lowest BCUT2D eigenvalue weighted by Crippen LogP contribution is -2.59. The molecule has 0 amide bonds. The third-order valence-electron chi connectivity index (χ3n) is 3.56. The third-order valence-corrected chi connectivity index (χ3v) is 12.7. The van der Waals surface area contributed by atoms with Gasteiger partial charge in [-0.25, -0.2) is 0 Å². The maximum absolute atomic E-state index is 2.93. The second-order valence-electron chi connectivity index (χ2n) is 7.66. The maximum atomic E-state index is 2.93. The van der Waals surface area contributed by atoms with E-state index in [0.29, 0.717) is 0 Å². The van der Waals surface area contributed by atoms with Crippen molar-refractivity contribution in [1.29, 1.82) is 0 Å². The Morgan fingerprint density at radius 3 is 1.74 bits per heavy atom. The lowest BCUT2D eigenvalue weighted by Gasteiger charge is -2.43. The van der Waals surface area contributed by atoms with Gasteiger partial charge in [-0.2, -0.15) is 0 Å². The number of unbranched alkanes of at least 4 members (excludes halogenated alkanes) is 3. The maximum Gasteiger partial charge on any atom is 0.112 e. The number of nitrogens with zero attached hydrogens (tertiary/aromatic N) is 1. The highest BCUT2D eigenvalue weighted by molar-refractivity contribution is 6.89. The van der Waals surface area contributed by atoms with Crippen molar-refractivity contribution in [3.63, 3.8) is 0 Å². The summed E-state index contributed by atoms with van der Waals surface area (Å²) in [7, 11) is -1.01. The lowest BCUT2D eigenvalue weighted by molar-refractivity contribution is 0.600. The van der Waals surface area contributed by atoms with E-state index >= 15 is 0 Å². The molecule has 0 bridgehead atoms. The first-order chi connectivity index (χ1) is 8.69. The highest BCUT2D eigenvalue weighted by Gasteiger charge is 2.33. The highest BCUT2D eigenvalue weighted by atomic mass is 28.4. The molecule has 0 aliphatic rings. The van der Waals surface area contributed by atoms with Gasteiger partial charge >= 0.3 is 0 Å². The van der Waals surface area contributed by atoms with E-state index in [1.165, 1.54) is 60.3 Å². The van der Waals surface area contributed by atoms with Crippen LogP contribution in [0.2, 0.25) is 51.4 Å². The molecule has 0 fully saturated rings. The van der Waals surface area contributed by atoms with Gasteiger partial charge in [0, 0.05) is 9.52 Å². The Balaban J connectivity index is 3.78. The van der Waals surface area contributed by atoms with E-state index in [4.69, 9.17) is 0 Å². The molecule has 0 N–H and O–H groups in total. The van der Waals surface area contributed by atoms with E-state index in [0.717, 1.165) is 0 Å². The van der Waals surface area contributed by atoms with Crippen molar-refractivity contribution in [1.82, 2.24) is 4.23 Å². The third kappa shape index (κ3) is 10.0.